The average molecular weight is 372 g/mol. The van der Waals surface area contributed by atoms with E-state index >= 15 is 0 Å². The molecule has 4 rings (SSSR count). The van der Waals surface area contributed by atoms with Crippen molar-refractivity contribution in [3.8, 4) is 0 Å². The van der Waals surface area contributed by atoms with Crippen LogP contribution in [0, 0.1) is 6.92 Å². The summed E-state index contributed by atoms with van der Waals surface area (Å²) >= 11 is 1.67. The third-order valence-electron chi connectivity index (χ3n) is 5.15. The number of hydrogen-bond acceptors (Lipinski definition) is 4. The molecule has 2 aromatic rings. The zero-order valence-corrected chi connectivity index (χ0v) is 16.3. The van der Waals surface area contributed by atoms with Crippen molar-refractivity contribution in [2.75, 3.05) is 17.7 Å². The van der Waals surface area contributed by atoms with E-state index in [4.69, 9.17) is 9.84 Å². The fourth-order valence-corrected chi connectivity index (χ4v) is 5.16. The van der Waals surface area contributed by atoms with E-state index in [1.54, 1.807) is 11.8 Å². The fraction of sp³-hybridized carbons (Fsp3) is 0.500. The minimum Gasteiger partial charge on any atom is -0.375 e. The molecule has 0 bridgehead atoms. The van der Waals surface area contributed by atoms with Gasteiger partial charge in [0.2, 0.25) is 5.91 Å². The van der Waals surface area contributed by atoms with E-state index in [1.165, 1.54) is 5.56 Å². The smallest absolute Gasteiger partial charge is 0.235 e. The molecule has 5 nitrogen and oxygen atoms in total. The van der Waals surface area contributed by atoms with Crippen molar-refractivity contribution in [3.63, 3.8) is 0 Å². The molecule has 1 N–H and O–H groups in total. The number of hydrogen-bond donors (Lipinski definition) is 1. The zero-order chi connectivity index (χ0) is 18.3. The Bertz CT molecular complexity index is 816. The first-order chi connectivity index (χ1) is 12.4. The SMILES string of the molecule is Cc1nn([C@@H]2CCOC(C)(C)C2)c2c1[C@H](c1ccccc1)SCC(=O)N2. The second-order valence-electron chi connectivity index (χ2n) is 7.70. The molecule has 3 heterocycles. The lowest BCUT2D eigenvalue weighted by Crippen LogP contribution is -2.36. The number of aromatic nitrogens is 2. The Morgan fingerprint density at radius 3 is 2.81 bits per heavy atom. The number of nitrogens with zero attached hydrogens (tertiary/aromatic N) is 2. The molecule has 1 aromatic carbocycles. The van der Waals surface area contributed by atoms with Crippen molar-refractivity contribution in [3.05, 3.63) is 47.2 Å². The van der Waals surface area contributed by atoms with Crippen molar-refractivity contribution in [1.29, 1.82) is 0 Å². The van der Waals surface area contributed by atoms with Crippen LogP contribution < -0.4 is 5.32 Å². The highest BCUT2D eigenvalue weighted by molar-refractivity contribution is 8.00. The first-order valence-corrected chi connectivity index (χ1v) is 10.2. The highest BCUT2D eigenvalue weighted by Crippen LogP contribution is 2.45. The van der Waals surface area contributed by atoms with Crippen LogP contribution in [0.5, 0.6) is 0 Å². The predicted molar refractivity (Wildman–Crippen MR) is 105 cm³/mol. The molecule has 0 spiro atoms. The topological polar surface area (TPSA) is 56.2 Å². The van der Waals surface area contributed by atoms with Crippen LogP contribution in [0.15, 0.2) is 30.3 Å². The second-order valence-corrected chi connectivity index (χ2v) is 8.79. The molecule has 1 aromatic heterocycles. The molecule has 0 unspecified atom stereocenters. The molecule has 138 valence electrons. The Morgan fingerprint density at radius 1 is 1.31 bits per heavy atom. The van der Waals surface area contributed by atoms with E-state index in [0.29, 0.717) is 5.75 Å². The van der Waals surface area contributed by atoms with Crippen molar-refractivity contribution < 1.29 is 9.53 Å². The van der Waals surface area contributed by atoms with Gasteiger partial charge in [0.15, 0.2) is 0 Å². The summed E-state index contributed by atoms with van der Waals surface area (Å²) in [5, 5.41) is 8.12. The summed E-state index contributed by atoms with van der Waals surface area (Å²) in [6.45, 7) is 7.01. The van der Waals surface area contributed by atoms with E-state index in [1.807, 2.05) is 13.0 Å². The van der Waals surface area contributed by atoms with Crippen LogP contribution in [0.4, 0.5) is 5.82 Å². The first-order valence-electron chi connectivity index (χ1n) is 9.14. The van der Waals surface area contributed by atoms with Gasteiger partial charge in [0, 0.05) is 12.2 Å². The van der Waals surface area contributed by atoms with Gasteiger partial charge in [-0.05, 0) is 39.2 Å². The summed E-state index contributed by atoms with van der Waals surface area (Å²) in [5.74, 6) is 1.36. The number of aryl methyl sites for hydroxylation is 1. The summed E-state index contributed by atoms with van der Waals surface area (Å²) in [6.07, 6.45) is 1.80. The first kappa shape index (κ1) is 17.6. The van der Waals surface area contributed by atoms with Gasteiger partial charge in [-0.1, -0.05) is 30.3 Å². The molecule has 1 fully saturated rings. The lowest BCUT2D eigenvalue weighted by Gasteiger charge is -2.36. The number of rotatable bonds is 2. The van der Waals surface area contributed by atoms with Crippen LogP contribution in [0.1, 0.15) is 54.8 Å². The minimum absolute atomic E-state index is 0.0437. The summed E-state index contributed by atoms with van der Waals surface area (Å²) in [7, 11) is 0. The second kappa shape index (κ2) is 6.74. The average Bonchev–Trinajstić information content (AvgIpc) is 2.81. The Hall–Kier alpha value is -1.79. The number of benzene rings is 1. The molecule has 0 radical (unpaired) electrons. The van der Waals surface area contributed by atoms with Gasteiger partial charge in [-0.25, -0.2) is 4.68 Å². The lowest BCUT2D eigenvalue weighted by molar-refractivity contribution is -0.113. The van der Waals surface area contributed by atoms with Gasteiger partial charge < -0.3 is 10.1 Å². The standard InChI is InChI=1S/C20H25N3O2S/c1-13-17-18(14-7-5-4-6-8-14)26-12-16(24)21-19(17)23(22-13)15-9-10-25-20(2,3)11-15/h4-8,15,18H,9-12H2,1-3H3,(H,21,24)/t15-,18+/m1/s1. The number of ether oxygens (including phenoxy) is 1. The summed E-state index contributed by atoms with van der Waals surface area (Å²) in [4.78, 5) is 12.4. The summed E-state index contributed by atoms with van der Waals surface area (Å²) < 4.78 is 7.92. The number of carbonyl (C=O) groups is 1. The molecule has 2 aliphatic rings. The Kier molecular flexibility index (Phi) is 4.57. The van der Waals surface area contributed by atoms with E-state index in [0.717, 1.165) is 36.5 Å². The summed E-state index contributed by atoms with van der Waals surface area (Å²) in [6, 6.07) is 10.6. The van der Waals surface area contributed by atoms with Crippen LogP contribution in [-0.2, 0) is 9.53 Å². The number of fused-ring (bicyclic) bond motifs is 1. The quantitative estimate of drug-likeness (QED) is 0.864. The van der Waals surface area contributed by atoms with Gasteiger partial charge in [-0.15, -0.1) is 11.8 Å². The van der Waals surface area contributed by atoms with E-state index in [-0.39, 0.29) is 22.8 Å². The molecule has 2 aliphatic heterocycles. The highest BCUT2D eigenvalue weighted by Gasteiger charge is 2.35. The number of nitrogens with one attached hydrogen (secondary N) is 1. The normalized spacial score (nSPS) is 25.3. The molecule has 26 heavy (non-hydrogen) atoms. The van der Waals surface area contributed by atoms with Gasteiger partial charge in [-0.2, -0.15) is 5.10 Å². The van der Waals surface area contributed by atoms with Crippen molar-refractivity contribution in [2.24, 2.45) is 0 Å². The van der Waals surface area contributed by atoms with Gasteiger partial charge >= 0.3 is 0 Å². The molecule has 1 saturated heterocycles. The molecule has 1 amide bonds. The van der Waals surface area contributed by atoms with Crippen LogP contribution in [0.3, 0.4) is 0 Å². The molecule has 6 heteroatoms. The van der Waals surface area contributed by atoms with Gasteiger partial charge in [0.1, 0.15) is 5.82 Å². The molecule has 0 saturated carbocycles. The predicted octanol–water partition coefficient (Wildman–Crippen LogP) is 4.10. The van der Waals surface area contributed by atoms with E-state index < -0.39 is 0 Å². The molecule has 2 atom stereocenters. The largest absolute Gasteiger partial charge is 0.375 e. The van der Waals surface area contributed by atoms with Crippen LogP contribution in [0.25, 0.3) is 0 Å². The third-order valence-corrected chi connectivity index (χ3v) is 6.42. The van der Waals surface area contributed by atoms with Crippen LogP contribution in [-0.4, -0.2) is 33.6 Å². The molecule has 0 aliphatic carbocycles. The Balaban J connectivity index is 1.79. The van der Waals surface area contributed by atoms with Gasteiger partial charge in [-0.3, -0.25) is 4.79 Å². The lowest BCUT2D eigenvalue weighted by atomic mass is 9.94. The van der Waals surface area contributed by atoms with Crippen molar-refractivity contribution >= 4 is 23.5 Å². The Labute approximate surface area is 158 Å². The van der Waals surface area contributed by atoms with Crippen LogP contribution in [0.2, 0.25) is 0 Å². The van der Waals surface area contributed by atoms with Crippen molar-refractivity contribution in [1.82, 2.24) is 9.78 Å². The van der Waals surface area contributed by atoms with Gasteiger partial charge in [0.05, 0.1) is 28.3 Å². The van der Waals surface area contributed by atoms with E-state index in [9.17, 15) is 4.79 Å². The highest BCUT2D eigenvalue weighted by atomic mass is 32.2. The maximum atomic E-state index is 12.4. The number of amides is 1. The van der Waals surface area contributed by atoms with Crippen molar-refractivity contribution in [2.45, 2.75) is 50.5 Å². The molecular formula is C20H25N3O2S. The summed E-state index contributed by atoms with van der Waals surface area (Å²) in [5.41, 5.74) is 3.17. The maximum Gasteiger partial charge on any atom is 0.235 e. The van der Waals surface area contributed by atoms with Gasteiger partial charge in [0.25, 0.3) is 0 Å². The zero-order valence-electron chi connectivity index (χ0n) is 15.5. The Morgan fingerprint density at radius 2 is 2.08 bits per heavy atom. The third kappa shape index (κ3) is 3.28. The number of thioether (sulfide) groups is 1. The number of anilines is 1. The monoisotopic (exact) mass is 371 g/mol. The fourth-order valence-electron chi connectivity index (χ4n) is 3.97. The van der Waals surface area contributed by atoms with Crippen LogP contribution >= 0.6 is 11.8 Å². The molecular weight excluding hydrogens is 346 g/mol. The van der Waals surface area contributed by atoms with E-state index in [2.05, 4.69) is 48.1 Å². The maximum absolute atomic E-state index is 12.4. The minimum atomic E-state index is -0.169. The number of carbonyl (C=O) groups excluding carboxylic acids is 1.